The van der Waals surface area contributed by atoms with Gasteiger partial charge in [0.1, 0.15) is 0 Å². The van der Waals surface area contributed by atoms with Crippen molar-refractivity contribution in [1.82, 2.24) is 20.0 Å². The van der Waals surface area contributed by atoms with E-state index in [-0.39, 0.29) is 18.2 Å². The summed E-state index contributed by atoms with van der Waals surface area (Å²) in [5.41, 5.74) is 0. The molecule has 1 N–H and O–H groups in total. The highest BCUT2D eigenvalue weighted by Crippen LogP contribution is 2.19. The number of ether oxygens (including phenoxy) is 1. The molecule has 2 heterocycles. The van der Waals surface area contributed by atoms with Crippen LogP contribution in [-0.2, 0) is 4.74 Å². The van der Waals surface area contributed by atoms with Crippen molar-refractivity contribution in [2.24, 2.45) is 0 Å². The van der Waals surface area contributed by atoms with Crippen LogP contribution in [0.1, 0.15) is 40.0 Å². The SMILES string of the molecule is CCOC(=O)N1CCC(N2CCN(C(=O)NC(C)CC)CC2)CC1. The van der Waals surface area contributed by atoms with Crippen LogP contribution < -0.4 is 5.32 Å². The van der Waals surface area contributed by atoms with Gasteiger partial charge in [-0.05, 0) is 33.1 Å². The van der Waals surface area contributed by atoms with Crippen LogP contribution in [0.5, 0.6) is 0 Å². The lowest BCUT2D eigenvalue weighted by Gasteiger charge is -2.42. The number of piperazine rings is 1. The van der Waals surface area contributed by atoms with E-state index in [2.05, 4.69) is 17.1 Å². The average molecular weight is 340 g/mol. The van der Waals surface area contributed by atoms with E-state index in [9.17, 15) is 9.59 Å². The molecule has 138 valence electrons. The molecule has 0 radical (unpaired) electrons. The first kappa shape index (κ1) is 18.8. The minimum atomic E-state index is -0.192. The van der Waals surface area contributed by atoms with Crippen LogP contribution >= 0.6 is 0 Å². The fraction of sp³-hybridized carbons (Fsp3) is 0.882. The Morgan fingerprint density at radius 3 is 2.21 bits per heavy atom. The number of likely N-dealkylation sites (tertiary alicyclic amines) is 1. The molecule has 0 aromatic rings. The van der Waals surface area contributed by atoms with Crippen LogP contribution in [0.25, 0.3) is 0 Å². The molecule has 2 fully saturated rings. The van der Waals surface area contributed by atoms with Gasteiger partial charge in [-0.15, -0.1) is 0 Å². The molecule has 0 aromatic carbocycles. The van der Waals surface area contributed by atoms with Gasteiger partial charge in [-0.1, -0.05) is 6.92 Å². The zero-order valence-corrected chi connectivity index (χ0v) is 15.3. The van der Waals surface area contributed by atoms with E-state index in [0.717, 1.165) is 58.5 Å². The molecule has 0 bridgehead atoms. The number of nitrogens with zero attached hydrogens (tertiary/aromatic N) is 3. The first-order valence-electron chi connectivity index (χ1n) is 9.26. The summed E-state index contributed by atoms with van der Waals surface area (Å²) in [7, 11) is 0. The van der Waals surface area contributed by atoms with Gasteiger partial charge in [0.2, 0.25) is 0 Å². The van der Waals surface area contributed by atoms with Crippen LogP contribution in [0.15, 0.2) is 0 Å². The van der Waals surface area contributed by atoms with Crippen LogP contribution in [0.3, 0.4) is 0 Å². The summed E-state index contributed by atoms with van der Waals surface area (Å²) >= 11 is 0. The van der Waals surface area contributed by atoms with Crippen LogP contribution in [-0.4, -0.2) is 84.8 Å². The Morgan fingerprint density at radius 1 is 1.04 bits per heavy atom. The molecule has 0 saturated carbocycles. The van der Waals surface area contributed by atoms with E-state index in [0.29, 0.717) is 12.6 Å². The highest BCUT2D eigenvalue weighted by molar-refractivity contribution is 5.74. The molecule has 2 aliphatic rings. The normalized spacial score (nSPS) is 21.5. The number of hydrogen-bond donors (Lipinski definition) is 1. The minimum Gasteiger partial charge on any atom is -0.450 e. The Bertz CT molecular complexity index is 416. The van der Waals surface area contributed by atoms with Gasteiger partial charge in [0.25, 0.3) is 0 Å². The smallest absolute Gasteiger partial charge is 0.409 e. The molecule has 7 nitrogen and oxygen atoms in total. The lowest BCUT2D eigenvalue weighted by molar-refractivity contribution is 0.0565. The van der Waals surface area contributed by atoms with E-state index in [1.165, 1.54) is 0 Å². The molecular weight excluding hydrogens is 308 g/mol. The monoisotopic (exact) mass is 340 g/mol. The number of nitrogens with one attached hydrogen (secondary N) is 1. The fourth-order valence-corrected chi connectivity index (χ4v) is 3.32. The molecule has 1 unspecified atom stereocenters. The molecule has 24 heavy (non-hydrogen) atoms. The maximum atomic E-state index is 12.2. The van der Waals surface area contributed by atoms with E-state index < -0.39 is 0 Å². The predicted molar refractivity (Wildman–Crippen MR) is 93.0 cm³/mol. The van der Waals surface area contributed by atoms with E-state index in [1.54, 1.807) is 4.90 Å². The lowest BCUT2D eigenvalue weighted by atomic mass is 10.0. The molecule has 0 aromatic heterocycles. The Morgan fingerprint density at radius 2 is 1.67 bits per heavy atom. The number of carbonyl (C=O) groups excluding carboxylic acids is 2. The lowest BCUT2D eigenvalue weighted by Crippen LogP contribution is -2.56. The molecule has 2 saturated heterocycles. The van der Waals surface area contributed by atoms with Crippen molar-refractivity contribution < 1.29 is 14.3 Å². The first-order chi connectivity index (χ1) is 11.5. The largest absolute Gasteiger partial charge is 0.450 e. The van der Waals surface area contributed by atoms with Gasteiger partial charge in [-0.2, -0.15) is 0 Å². The van der Waals surface area contributed by atoms with E-state index >= 15 is 0 Å². The van der Waals surface area contributed by atoms with Crippen LogP contribution in [0.2, 0.25) is 0 Å². The van der Waals surface area contributed by atoms with E-state index in [4.69, 9.17) is 4.74 Å². The third-order valence-electron chi connectivity index (χ3n) is 5.09. The van der Waals surface area contributed by atoms with Gasteiger partial charge in [0.05, 0.1) is 6.61 Å². The van der Waals surface area contributed by atoms with Gasteiger partial charge in [0, 0.05) is 51.4 Å². The van der Waals surface area contributed by atoms with Gasteiger partial charge in [-0.3, -0.25) is 4.90 Å². The number of urea groups is 1. The standard InChI is InChI=1S/C17H32N4O3/c1-4-14(3)18-16(22)20-12-10-19(11-13-20)15-6-8-21(9-7-15)17(23)24-5-2/h14-15H,4-13H2,1-3H3,(H,18,22). The van der Waals surface area contributed by atoms with Crippen molar-refractivity contribution in [2.45, 2.75) is 52.1 Å². The van der Waals surface area contributed by atoms with Crippen molar-refractivity contribution in [1.29, 1.82) is 0 Å². The topological polar surface area (TPSA) is 65.1 Å². The minimum absolute atomic E-state index is 0.0566. The number of hydrogen-bond acceptors (Lipinski definition) is 4. The third-order valence-corrected chi connectivity index (χ3v) is 5.09. The molecule has 0 aliphatic carbocycles. The fourth-order valence-electron chi connectivity index (χ4n) is 3.32. The number of carbonyl (C=O) groups is 2. The average Bonchev–Trinajstić information content (AvgIpc) is 2.62. The summed E-state index contributed by atoms with van der Waals surface area (Å²) in [4.78, 5) is 30.1. The highest BCUT2D eigenvalue weighted by Gasteiger charge is 2.30. The molecule has 7 heteroatoms. The molecule has 3 amide bonds. The maximum absolute atomic E-state index is 12.2. The summed E-state index contributed by atoms with van der Waals surface area (Å²) in [5, 5.41) is 3.03. The van der Waals surface area contributed by atoms with Gasteiger partial charge < -0.3 is 19.9 Å². The Balaban J connectivity index is 1.72. The number of piperidine rings is 1. The Hall–Kier alpha value is -1.50. The van der Waals surface area contributed by atoms with Crippen molar-refractivity contribution in [3.63, 3.8) is 0 Å². The summed E-state index contributed by atoms with van der Waals surface area (Å²) in [6.07, 6.45) is 2.73. The number of rotatable bonds is 4. The van der Waals surface area contributed by atoms with Gasteiger partial charge >= 0.3 is 12.1 Å². The second-order valence-electron chi connectivity index (χ2n) is 6.70. The van der Waals surface area contributed by atoms with Crippen LogP contribution in [0.4, 0.5) is 9.59 Å². The second-order valence-corrected chi connectivity index (χ2v) is 6.70. The molecule has 0 spiro atoms. The van der Waals surface area contributed by atoms with Crippen molar-refractivity contribution in [3.05, 3.63) is 0 Å². The van der Waals surface area contributed by atoms with Crippen LogP contribution in [0, 0.1) is 0 Å². The Labute approximate surface area is 145 Å². The predicted octanol–water partition coefficient (Wildman–Crippen LogP) is 1.73. The number of amides is 3. The van der Waals surface area contributed by atoms with Crippen molar-refractivity contribution in [2.75, 3.05) is 45.9 Å². The molecule has 2 rings (SSSR count). The summed E-state index contributed by atoms with van der Waals surface area (Å²) in [6.45, 7) is 11.3. The summed E-state index contributed by atoms with van der Waals surface area (Å²) in [6, 6.07) is 0.791. The zero-order valence-electron chi connectivity index (χ0n) is 15.3. The molecular formula is C17H32N4O3. The quantitative estimate of drug-likeness (QED) is 0.846. The Kier molecular flexibility index (Phi) is 7.15. The first-order valence-corrected chi connectivity index (χ1v) is 9.26. The maximum Gasteiger partial charge on any atom is 0.409 e. The molecule has 1 atom stereocenters. The summed E-state index contributed by atoms with van der Waals surface area (Å²) in [5.74, 6) is 0. The van der Waals surface area contributed by atoms with Gasteiger partial charge in [-0.25, -0.2) is 9.59 Å². The zero-order chi connectivity index (χ0) is 17.5. The second kappa shape index (κ2) is 9.11. The van der Waals surface area contributed by atoms with E-state index in [1.807, 2.05) is 18.7 Å². The van der Waals surface area contributed by atoms with Crippen molar-refractivity contribution >= 4 is 12.1 Å². The molecule has 2 aliphatic heterocycles. The van der Waals surface area contributed by atoms with Crippen molar-refractivity contribution in [3.8, 4) is 0 Å². The highest BCUT2D eigenvalue weighted by atomic mass is 16.6. The summed E-state index contributed by atoms with van der Waals surface area (Å²) < 4.78 is 5.07. The van der Waals surface area contributed by atoms with Gasteiger partial charge in [0.15, 0.2) is 0 Å². The third kappa shape index (κ3) is 5.00.